The SMILES string of the molecule is CC1=CC(c2ccccc2C#N)=NC2=CCN([C@@H](C)C(F)(F)F)N12. The number of hydrogen-bond acceptors (Lipinski definition) is 4. The van der Waals surface area contributed by atoms with Crippen LogP contribution >= 0.6 is 0 Å². The van der Waals surface area contributed by atoms with Crippen LogP contribution in [0.2, 0.25) is 0 Å². The second kappa shape index (κ2) is 5.80. The molecule has 0 N–H and O–H groups in total. The number of nitriles is 1. The second-order valence-electron chi connectivity index (χ2n) is 5.65. The average Bonchev–Trinajstić information content (AvgIpc) is 2.97. The smallest absolute Gasteiger partial charge is 0.261 e. The Morgan fingerprint density at radius 2 is 2.00 bits per heavy atom. The zero-order chi connectivity index (χ0) is 17.5. The minimum Gasteiger partial charge on any atom is -0.261 e. The van der Waals surface area contributed by atoms with Crippen molar-refractivity contribution in [2.75, 3.05) is 6.54 Å². The van der Waals surface area contributed by atoms with Gasteiger partial charge in [-0.1, -0.05) is 18.2 Å². The first kappa shape index (κ1) is 16.3. The largest absolute Gasteiger partial charge is 0.405 e. The summed E-state index contributed by atoms with van der Waals surface area (Å²) in [6, 6.07) is 7.53. The molecule has 0 aromatic heterocycles. The van der Waals surface area contributed by atoms with Crippen LogP contribution in [0.15, 0.2) is 52.9 Å². The van der Waals surface area contributed by atoms with E-state index >= 15 is 0 Å². The lowest BCUT2D eigenvalue weighted by molar-refractivity contribution is -0.201. The van der Waals surface area contributed by atoms with Crippen molar-refractivity contribution in [3.8, 4) is 6.07 Å². The first-order chi connectivity index (χ1) is 11.3. The summed E-state index contributed by atoms with van der Waals surface area (Å²) in [4.78, 5) is 4.45. The molecule has 7 heteroatoms. The number of nitrogens with zero attached hydrogens (tertiary/aromatic N) is 4. The third kappa shape index (κ3) is 2.69. The van der Waals surface area contributed by atoms with Gasteiger partial charge in [-0.2, -0.15) is 23.4 Å². The highest BCUT2D eigenvalue weighted by atomic mass is 19.4. The molecule has 2 aliphatic heterocycles. The summed E-state index contributed by atoms with van der Waals surface area (Å²) in [6.07, 6.45) is -0.955. The van der Waals surface area contributed by atoms with Crippen molar-refractivity contribution in [3.05, 3.63) is 59.1 Å². The third-order valence-electron chi connectivity index (χ3n) is 4.09. The van der Waals surface area contributed by atoms with Gasteiger partial charge in [0.1, 0.15) is 11.9 Å². The van der Waals surface area contributed by atoms with E-state index in [1.54, 1.807) is 43.3 Å². The molecular weight excluding hydrogens is 317 g/mol. The summed E-state index contributed by atoms with van der Waals surface area (Å²) >= 11 is 0. The molecule has 1 atom stereocenters. The number of fused-ring (bicyclic) bond motifs is 1. The van der Waals surface area contributed by atoms with E-state index in [1.165, 1.54) is 10.0 Å². The molecule has 0 spiro atoms. The van der Waals surface area contributed by atoms with Crippen molar-refractivity contribution >= 4 is 5.71 Å². The monoisotopic (exact) mass is 332 g/mol. The Kier molecular flexibility index (Phi) is 3.93. The summed E-state index contributed by atoms with van der Waals surface area (Å²) < 4.78 is 39.1. The second-order valence-corrected chi connectivity index (χ2v) is 5.65. The molecule has 0 unspecified atom stereocenters. The van der Waals surface area contributed by atoms with Crippen molar-refractivity contribution in [1.82, 2.24) is 10.0 Å². The molecule has 0 saturated heterocycles. The van der Waals surface area contributed by atoms with E-state index in [9.17, 15) is 18.4 Å². The Labute approximate surface area is 137 Å². The molecule has 24 heavy (non-hydrogen) atoms. The highest BCUT2D eigenvalue weighted by molar-refractivity contribution is 6.11. The van der Waals surface area contributed by atoms with E-state index in [1.807, 2.05) is 0 Å². The summed E-state index contributed by atoms with van der Waals surface area (Å²) in [7, 11) is 0. The van der Waals surface area contributed by atoms with Crippen molar-refractivity contribution in [3.63, 3.8) is 0 Å². The lowest BCUT2D eigenvalue weighted by atomic mass is 10.0. The van der Waals surface area contributed by atoms with E-state index < -0.39 is 12.2 Å². The van der Waals surface area contributed by atoms with Gasteiger partial charge in [0.15, 0.2) is 0 Å². The quantitative estimate of drug-likeness (QED) is 0.831. The molecule has 1 aromatic carbocycles. The maximum Gasteiger partial charge on any atom is 0.405 e. The van der Waals surface area contributed by atoms with Gasteiger partial charge in [0, 0.05) is 17.8 Å². The number of alkyl halides is 3. The zero-order valence-electron chi connectivity index (χ0n) is 13.2. The van der Waals surface area contributed by atoms with E-state index in [2.05, 4.69) is 11.1 Å². The number of rotatable bonds is 2. The number of hydrogen-bond donors (Lipinski definition) is 0. The van der Waals surface area contributed by atoms with Crippen LogP contribution in [0.25, 0.3) is 0 Å². The average molecular weight is 332 g/mol. The number of aliphatic imine (C=N–C) groups is 1. The van der Waals surface area contributed by atoms with Gasteiger partial charge in [0.2, 0.25) is 0 Å². The third-order valence-corrected chi connectivity index (χ3v) is 4.09. The lowest BCUT2D eigenvalue weighted by Gasteiger charge is -2.38. The van der Waals surface area contributed by atoms with Gasteiger partial charge >= 0.3 is 6.18 Å². The molecule has 1 aromatic rings. The van der Waals surface area contributed by atoms with Crippen LogP contribution in [0.4, 0.5) is 13.2 Å². The van der Waals surface area contributed by atoms with Crippen molar-refractivity contribution in [2.24, 2.45) is 4.99 Å². The predicted molar refractivity (Wildman–Crippen MR) is 83.6 cm³/mol. The highest BCUT2D eigenvalue weighted by Gasteiger charge is 2.45. The minimum atomic E-state index is -4.32. The number of hydrazine groups is 1. The molecule has 2 aliphatic rings. The van der Waals surface area contributed by atoms with Crippen molar-refractivity contribution in [1.29, 1.82) is 5.26 Å². The molecule has 2 heterocycles. The summed E-state index contributed by atoms with van der Waals surface area (Å²) in [5.74, 6) is 0.453. The molecule has 4 nitrogen and oxygen atoms in total. The lowest BCUT2D eigenvalue weighted by Crippen LogP contribution is -2.49. The van der Waals surface area contributed by atoms with Crippen LogP contribution in [0, 0.1) is 11.3 Å². The molecule has 0 saturated carbocycles. The Bertz CT molecular complexity index is 799. The number of allylic oxidation sites excluding steroid dienone is 2. The predicted octanol–water partition coefficient (Wildman–Crippen LogP) is 3.59. The van der Waals surface area contributed by atoms with Gasteiger partial charge in [0.25, 0.3) is 0 Å². The van der Waals surface area contributed by atoms with E-state index in [0.717, 1.165) is 6.92 Å². The first-order valence-corrected chi connectivity index (χ1v) is 7.43. The van der Waals surface area contributed by atoms with Crippen LogP contribution in [0.3, 0.4) is 0 Å². The molecule has 0 fully saturated rings. The standard InChI is InChI=1S/C17H15F3N4/c1-11-9-15(14-6-4-3-5-13(14)10-21)22-16-7-8-23(24(11)16)12(2)17(18,19)20/h3-7,9,12H,8H2,1-2H3/t12-/m0/s1. The van der Waals surface area contributed by atoms with Crippen molar-refractivity contribution < 1.29 is 13.2 Å². The highest BCUT2D eigenvalue weighted by Crippen LogP contribution is 2.34. The molecule has 0 amide bonds. The van der Waals surface area contributed by atoms with Crippen LogP contribution in [-0.4, -0.2) is 34.5 Å². The van der Waals surface area contributed by atoms with Gasteiger partial charge in [-0.05, 0) is 32.1 Å². The van der Waals surface area contributed by atoms with Crippen LogP contribution in [0.5, 0.6) is 0 Å². The molecule has 3 rings (SSSR count). The fourth-order valence-corrected chi connectivity index (χ4v) is 2.81. The minimum absolute atomic E-state index is 0.137. The summed E-state index contributed by atoms with van der Waals surface area (Å²) in [6.45, 7) is 3.01. The molecule has 124 valence electrons. The Morgan fingerprint density at radius 1 is 1.29 bits per heavy atom. The summed E-state index contributed by atoms with van der Waals surface area (Å²) in [5.41, 5.74) is 2.36. The summed E-state index contributed by atoms with van der Waals surface area (Å²) in [5, 5.41) is 11.9. The van der Waals surface area contributed by atoms with E-state index in [-0.39, 0.29) is 6.54 Å². The van der Waals surface area contributed by atoms with Crippen LogP contribution < -0.4 is 0 Å². The maximum atomic E-state index is 13.0. The molecule has 0 aliphatic carbocycles. The molecular formula is C17H15F3N4. The van der Waals surface area contributed by atoms with Crippen LogP contribution in [-0.2, 0) is 0 Å². The Balaban J connectivity index is 1.96. The number of benzene rings is 1. The van der Waals surface area contributed by atoms with E-state index in [0.29, 0.717) is 28.4 Å². The maximum absolute atomic E-state index is 13.0. The van der Waals surface area contributed by atoms with Gasteiger partial charge in [-0.15, -0.1) is 0 Å². The van der Waals surface area contributed by atoms with E-state index in [4.69, 9.17) is 0 Å². The van der Waals surface area contributed by atoms with Crippen LogP contribution in [0.1, 0.15) is 25.0 Å². The van der Waals surface area contributed by atoms with Crippen molar-refractivity contribution in [2.45, 2.75) is 26.1 Å². The Morgan fingerprint density at radius 3 is 2.67 bits per heavy atom. The van der Waals surface area contributed by atoms with Gasteiger partial charge in [0.05, 0.1) is 17.3 Å². The molecule has 0 bridgehead atoms. The normalized spacial score (nSPS) is 19.2. The number of halogens is 3. The first-order valence-electron chi connectivity index (χ1n) is 7.43. The fourth-order valence-electron chi connectivity index (χ4n) is 2.81. The fraction of sp³-hybridized carbons (Fsp3) is 0.294. The van der Waals surface area contributed by atoms with Gasteiger partial charge in [-0.25, -0.2) is 4.99 Å². The Hall–Kier alpha value is -2.59. The zero-order valence-corrected chi connectivity index (χ0v) is 13.2. The topological polar surface area (TPSA) is 42.6 Å². The van der Waals surface area contributed by atoms with Gasteiger partial charge in [-0.3, -0.25) is 5.01 Å². The molecule has 0 radical (unpaired) electrons. The van der Waals surface area contributed by atoms with Gasteiger partial charge < -0.3 is 0 Å².